The summed E-state index contributed by atoms with van der Waals surface area (Å²) in [5, 5.41) is 0.591. The molecule has 3 aromatic rings. The van der Waals surface area contributed by atoms with Crippen molar-refractivity contribution in [1.82, 2.24) is 9.97 Å². The summed E-state index contributed by atoms with van der Waals surface area (Å²) in [6.45, 7) is 2.23. The molecule has 0 saturated heterocycles. The van der Waals surface area contributed by atoms with Crippen molar-refractivity contribution in [3.05, 3.63) is 58.7 Å². The van der Waals surface area contributed by atoms with E-state index in [1.807, 2.05) is 37.3 Å². The van der Waals surface area contributed by atoms with Crippen molar-refractivity contribution in [1.29, 1.82) is 0 Å². The maximum atomic E-state index is 6.02. The van der Waals surface area contributed by atoms with Gasteiger partial charge in [-0.05, 0) is 31.2 Å². The standard InChI is InChI=1S/C16H14ClN3O/c1-10-16(20-14-5-3-2-4-13(14)19-10)21-15-8-12(17)7-6-11(15)9-18/h2-8H,9,18H2,1H3. The van der Waals surface area contributed by atoms with Crippen LogP contribution in [0.4, 0.5) is 0 Å². The highest BCUT2D eigenvalue weighted by Gasteiger charge is 2.10. The van der Waals surface area contributed by atoms with E-state index in [1.54, 1.807) is 12.1 Å². The lowest BCUT2D eigenvalue weighted by molar-refractivity contribution is 0.452. The maximum Gasteiger partial charge on any atom is 0.241 e. The van der Waals surface area contributed by atoms with Gasteiger partial charge in [-0.1, -0.05) is 29.8 Å². The first-order chi connectivity index (χ1) is 10.2. The van der Waals surface area contributed by atoms with Gasteiger partial charge in [0.25, 0.3) is 0 Å². The summed E-state index contributed by atoms with van der Waals surface area (Å²) >= 11 is 6.02. The summed E-state index contributed by atoms with van der Waals surface area (Å²) in [6, 6.07) is 13.0. The Kier molecular flexibility index (Phi) is 3.73. The largest absolute Gasteiger partial charge is 0.437 e. The molecule has 0 amide bonds. The second kappa shape index (κ2) is 5.68. The van der Waals surface area contributed by atoms with Crippen LogP contribution in [0.3, 0.4) is 0 Å². The predicted octanol–water partition coefficient (Wildman–Crippen LogP) is 3.84. The van der Waals surface area contributed by atoms with Gasteiger partial charge in [-0.25, -0.2) is 9.97 Å². The molecule has 1 heterocycles. The number of aromatic nitrogens is 2. The Morgan fingerprint density at radius 2 is 1.81 bits per heavy atom. The first-order valence-corrected chi connectivity index (χ1v) is 6.95. The van der Waals surface area contributed by atoms with E-state index in [-0.39, 0.29) is 0 Å². The Balaban J connectivity index is 2.05. The molecule has 0 spiro atoms. The Labute approximate surface area is 127 Å². The Morgan fingerprint density at radius 3 is 2.52 bits per heavy atom. The van der Waals surface area contributed by atoms with Gasteiger partial charge in [0, 0.05) is 17.1 Å². The minimum absolute atomic E-state index is 0.368. The average molecular weight is 300 g/mol. The van der Waals surface area contributed by atoms with Crippen LogP contribution in [0.1, 0.15) is 11.3 Å². The molecule has 0 aliphatic heterocycles. The number of halogens is 1. The summed E-state index contributed by atoms with van der Waals surface area (Å²) in [6.07, 6.45) is 0. The van der Waals surface area contributed by atoms with Gasteiger partial charge in [0.15, 0.2) is 0 Å². The fourth-order valence-corrected chi connectivity index (χ4v) is 2.23. The van der Waals surface area contributed by atoms with Crippen molar-refractivity contribution in [2.75, 3.05) is 0 Å². The zero-order valence-electron chi connectivity index (χ0n) is 11.5. The molecule has 0 radical (unpaired) electrons. The van der Waals surface area contributed by atoms with Crippen molar-refractivity contribution in [2.24, 2.45) is 5.73 Å². The van der Waals surface area contributed by atoms with E-state index in [4.69, 9.17) is 22.1 Å². The molecular formula is C16H14ClN3O. The summed E-state index contributed by atoms with van der Waals surface area (Å²) < 4.78 is 5.88. The fraction of sp³-hybridized carbons (Fsp3) is 0.125. The highest BCUT2D eigenvalue weighted by Crippen LogP contribution is 2.29. The van der Waals surface area contributed by atoms with Gasteiger partial charge in [-0.2, -0.15) is 0 Å². The van der Waals surface area contributed by atoms with E-state index in [1.165, 1.54) is 0 Å². The SMILES string of the molecule is Cc1nc2ccccc2nc1Oc1cc(Cl)ccc1CN. The average Bonchev–Trinajstić information content (AvgIpc) is 2.48. The number of hydrogen-bond acceptors (Lipinski definition) is 4. The molecule has 21 heavy (non-hydrogen) atoms. The van der Waals surface area contributed by atoms with Gasteiger partial charge in [-0.15, -0.1) is 0 Å². The maximum absolute atomic E-state index is 6.02. The Bertz CT molecular complexity index is 805. The number of rotatable bonds is 3. The molecule has 0 fully saturated rings. The number of fused-ring (bicyclic) bond motifs is 1. The smallest absolute Gasteiger partial charge is 0.241 e. The van der Waals surface area contributed by atoms with Gasteiger partial charge >= 0.3 is 0 Å². The lowest BCUT2D eigenvalue weighted by Crippen LogP contribution is -2.01. The van der Waals surface area contributed by atoms with Crippen molar-refractivity contribution in [3.8, 4) is 11.6 Å². The Morgan fingerprint density at radius 1 is 1.10 bits per heavy atom. The summed E-state index contributed by atoms with van der Waals surface area (Å²) in [7, 11) is 0. The number of ether oxygens (including phenoxy) is 1. The van der Waals surface area contributed by atoms with Crippen molar-refractivity contribution in [3.63, 3.8) is 0 Å². The van der Waals surface area contributed by atoms with Crippen LogP contribution in [0.25, 0.3) is 11.0 Å². The van der Waals surface area contributed by atoms with Crippen molar-refractivity contribution in [2.45, 2.75) is 13.5 Å². The predicted molar refractivity (Wildman–Crippen MR) is 83.7 cm³/mol. The van der Waals surface area contributed by atoms with Gasteiger partial charge in [0.05, 0.1) is 11.0 Å². The van der Waals surface area contributed by atoms with Gasteiger partial charge in [0.2, 0.25) is 5.88 Å². The fourth-order valence-electron chi connectivity index (χ4n) is 2.06. The van der Waals surface area contributed by atoms with Crippen LogP contribution in [0.5, 0.6) is 11.6 Å². The zero-order chi connectivity index (χ0) is 14.8. The third-order valence-electron chi connectivity index (χ3n) is 3.16. The van der Waals surface area contributed by atoms with Crippen LogP contribution in [0, 0.1) is 6.92 Å². The van der Waals surface area contributed by atoms with E-state index >= 15 is 0 Å². The van der Waals surface area contributed by atoms with Crippen LogP contribution in [-0.2, 0) is 6.54 Å². The normalized spacial score (nSPS) is 10.8. The number of nitrogens with zero attached hydrogens (tertiary/aromatic N) is 2. The van der Waals surface area contributed by atoms with Crippen LogP contribution >= 0.6 is 11.6 Å². The van der Waals surface area contributed by atoms with Gasteiger partial charge in [0.1, 0.15) is 11.4 Å². The molecule has 0 atom stereocenters. The van der Waals surface area contributed by atoms with E-state index in [0.717, 1.165) is 22.3 Å². The Hall–Kier alpha value is -2.17. The number of aryl methyl sites for hydroxylation is 1. The molecule has 0 aliphatic carbocycles. The minimum Gasteiger partial charge on any atom is -0.437 e. The van der Waals surface area contributed by atoms with Crippen LogP contribution in [0.2, 0.25) is 5.02 Å². The lowest BCUT2D eigenvalue weighted by Gasteiger charge is -2.11. The minimum atomic E-state index is 0.368. The molecule has 3 rings (SSSR count). The van der Waals surface area contributed by atoms with Crippen molar-refractivity contribution >= 4 is 22.6 Å². The zero-order valence-corrected chi connectivity index (χ0v) is 12.3. The summed E-state index contributed by atoms with van der Waals surface area (Å²) in [5.74, 6) is 1.07. The number of benzene rings is 2. The summed E-state index contributed by atoms with van der Waals surface area (Å²) in [5.41, 5.74) is 8.94. The third-order valence-corrected chi connectivity index (χ3v) is 3.39. The number of hydrogen-bond donors (Lipinski definition) is 1. The second-order valence-electron chi connectivity index (χ2n) is 4.66. The second-order valence-corrected chi connectivity index (χ2v) is 5.10. The first kappa shape index (κ1) is 13.8. The number of nitrogens with two attached hydrogens (primary N) is 1. The molecule has 106 valence electrons. The lowest BCUT2D eigenvalue weighted by atomic mass is 10.2. The molecule has 0 aliphatic rings. The summed E-state index contributed by atoms with van der Waals surface area (Å²) in [4.78, 5) is 9.00. The van der Waals surface area contributed by atoms with Gasteiger partial charge in [-0.3, -0.25) is 0 Å². The molecule has 1 aromatic heterocycles. The highest BCUT2D eigenvalue weighted by atomic mass is 35.5. The molecule has 5 heteroatoms. The molecule has 2 N–H and O–H groups in total. The number of para-hydroxylation sites is 2. The first-order valence-electron chi connectivity index (χ1n) is 6.57. The van der Waals surface area contributed by atoms with E-state index < -0.39 is 0 Å². The van der Waals surface area contributed by atoms with E-state index in [9.17, 15) is 0 Å². The van der Waals surface area contributed by atoms with Crippen LogP contribution in [-0.4, -0.2) is 9.97 Å². The quantitative estimate of drug-likeness (QED) is 0.798. The van der Waals surface area contributed by atoms with E-state index in [2.05, 4.69) is 9.97 Å². The van der Waals surface area contributed by atoms with Crippen LogP contribution < -0.4 is 10.5 Å². The third kappa shape index (κ3) is 2.82. The van der Waals surface area contributed by atoms with E-state index in [0.29, 0.717) is 23.2 Å². The van der Waals surface area contributed by atoms with Crippen molar-refractivity contribution < 1.29 is 4.74 Å². The molecule has 0 saturated carbocycles. The monoisotopic (exact) mass is 299 g/mol. The van der Waals surface area contributed by atoms with Crippen LogP contribution in [0.15, 0.2) is 42.5 Å². The topological polar surface area (TPSA) is 61.0 Å². The molecule has 0 bridgehead atoms. The molecule has 4 nitrogen and oxygen atoms in total. The molecule has 2 aromatic carbocycles. The molecular weight excluding hydrogens is 286 g/mol. The molecule has 0 unspecified atom stereocenters. The highest BCUT2D eigenvalue weighted by molar-refractivity contribution is 6.30. The van der Waals surface area contributed by atoms with Gasteiger partial charge < -0.3 is 10.5 Å².